The van der Waals surface area contributed by atoms with Crippen LogP contribution >= 0.6 is 0 Å². The van der Waals surface area contributed by atoms with E-state index < -0.39 is 19.5 Å². The first-order valence-corrected chi connectivity index (χ1v) is 18.0. The van der Waals surface area contributed by atoms with Crippen molar-refractivity contribution in [1.29, 1.82) is 0 Å². The summed E-state index contributed by atoms with van der Waals surface area (Å²) in [6, 6.07) is 3.57. The minimum absolute atomic E-state index is 0.137. The Hall–Kier alpha value is -1.43. The Morgan fingerprint density at radius 2 is 1.67 bits per heavy atom. The summed E-state index contributed by atoms with van der Waals surface area (Å²) < 4.78 is 18.8. The summed E-state index contributed by atoms with van der Waals surface area (Å²) in [5.74, 6) is 0.106. The van der Waals surface area contributed by atoms with E-state index >= 15 is 0 Å². The van der Waals surface area contributed by atoms with Crippen LogP contribution in [0.4, 0.5) is 0 Å². The van der Waals surface area contributed by atoms with Crippen LogP contribution in [0.5, 0.6) is 0 Å². The molecule has 0 aromatic rings. The third kappa shape index (κ3) is 8.53. The number of hydrogen-bond acceptors (Lipinski definition) is 4. The van der Waals surface area contributed by atoms with Gasteiger partial charge in [-0.3, -0.25) is 4.79 Å². The molecule has 0 bridgehead atoms. The Morgan fingerprint density at radius 1 is 1.05 bits per heavy atom. The van der Waals surface area contributed by atoms with Crippen LogP contribution in [-0.4, -0.2) is 32.6 Å². The van der Waals surface area contributed by atoms with Crippen molar-refractivity contribution in [1.82, 2.24) is 0 Å². The summed E-state index contributed by atoms with van der Waals surface area (Å²) in [4.78, 5) is 13.5. The van der Waals surface area contributed by atoms with E-state index in [0.29, 0.717) is 12.4 Å². The molecule has 2 rings (SSSR count). The lowest BCUT2D eigenvalue weighted by atomic mass is 9.74. The van der Waals surface area contributed by atoms with Crippen LogP contribution in [0.25, 0.3) is 0 Å². The van der Waals surface area contributed by atoms with Crippen molar-refractivity contribution >= 4 is 14.1 Å². The van der Waals surface area contributed by atoms with Crippen molar-refractivity contribution in [3.63, 3.8) is 0 Å². The Morgan fingerprint density at radius 3 is 2.26 bits per heavy atom. The van der Waals surface area contributed by atoms with Gasteiger partial charge in [0.1, 0.15) is 0 Å². The molecule has 0 saturated heterocycles. The first-order chi connectivity index (χ1) is 18.3. The molecule has 0 fully saturated rings. The van der Waals surface area contributed by atoms with Crippen molar-refractivity contribution in [3.05, 3.63) is 46.3 Å². The molecule has 0 N–H and O–H groups in total. The van der Waals surface area contributed by atoms with Gasteiger partial charge in [-0.2, -0.15) is 0 Å². The molecule has 39 heavy (non-hydrogen) atoms. The van der Waals surface area contributed by atoms with Crippen molar-refractivity contribution in [3.8, 4) is 0 Å². The van der Waals surface area contributed by atoms with E-state index in [1.165, 1.54) is 34.9 Å². The third-order valence-corrected chi connectivity index (χ3v) is 14.3. The molecule has 0 radical (unpaired) electrons. The predicted octanol–water partition coefficient (Wildman–Crippen LogP) is 9.84. The van der Waals surface area contributed by atoms with E-state index in [4.69, 9.17) is 13.9 Å². The predicted molar refractivity (Wildman–Crippen MR) is 167 cm³/mol. The fourth-order valence-electron chi connectivity index (χ4n) is 5.94. The Labute approximate surface area is 241 Å². The molecule has 4 nitrogen and oxygen atoms in total. The highest BCUT2D eigenvalue weighted by Gasteiger charge is 2.51. The van der Waals surface area contributed by atoms with E-state index in [-0.39, 0.29) is 17.8 Å². The molecule has 1 heterocycles. The van der Waals surface area contributed by atoms with Gasteiger partial charge in [-0.15, -0.1) is 0 Å². The molecule has 2 aliphatic rings. The average molecular weight is 559 g/mol. The fraction of sp³-hybridized carbons (Fsp3) is 0.735. The van der Waals surface area contributed by atoms with E-state index in [0.717, 1.165) is 44.1 Å². The first-order valence-electron chi connectivity index (χ1n) is 15.5. The van der Waals surface area contributed by atoms with Crippen LogP contribution in [0.3, 0.4) is 0 Å². The summed E-state index contributed by atoms with van der Waals surface area (Å²) in [5, 5.41) is 0. The van der Waals surface area contributed by atoms with Crippen LogP contribution < -0.4 is 0 Å². The molecule has 3 atom stereocenters. The topological polar surface area (TPSA) is 44.8 Å². The lowest BCUT2D eigenvalue weighted by Crippen LogP contribution is -2.40. The Kier molecular flexibility index (Phi) is 12.5. The van der Waals surface area contributed by atoms with Crippen LogP contribution in [0.15, 0.2) is 46.3 Å². The third-order valence-electron chi connectivity index (χ3n) is 9.66. The molecule has 0 aromatic heterocycles. The lowest BCUT2D eigenvalue weighted by molar-refractivity contribution is -0.188. The second-order valence-corrected chi connectivity index (χ2v) is 17.4. The van der Waals surface area contributed by atoms with Gasteiger partial charge in [-0.05, 0) is 95.8 Å². The number of Topliss-reactive ketones (excluding diaryl/α,β-unsaturated/α-hetero) is 1. The summed E-state index contributed by atoms with van der Waals surface area (Å²) in [6.45, 7) is 24.4. The fourth-order valence-corrected chi connectivity index (χ4v) is 8.85. The van der Waals surface area contributed by atoms with Crippen molar-refractivity contribution < 1.29 is 18.7 Å². The van der Waals surface area contributed by atoms with Crippen LogP contribution in [0.2, 0.25) is 18.1 Å². The van der Waals surface area contributed by atoms with E-state index in [1.54, 1.807) is 0 Å². The van der Waals surface area contributed by atoms with Crippen molar-refractivity contribution in [2.75, 3.05) is 6.61 Å². The largest absolute Gasteiger partial charge is 0.459 e. The monoisotopic (exact) mass is 558 g/mol. The van der Waals surface area contributed by atoms with Crippen LogP contribution in [0, 0.1) is 11.3 Å². The molecule has 0 aromatic carbocycles. The highest BCUT2D eigenvalue weighted by molar-refractivity contribution is 6.73. The molecule has 0 unspecified atom stereocenters. The smallest absolute Gasteiger partial charge is 0.205 e. The minimum atomic E-state index is -1.64. The maximum Gasteiger partial charge on any atom is 0.205 e. The van der Waals surface area contributed by atoms with Gasteiger partial charge in [0.25, 0.3) is 0 Å². The van der Waals surface area contributed by atoms with Gasteiger partial charge in [0.05, 0.1) is 12.7 Å². The Balaban J connectivity index is 1.94. The maximum atomic E-state index is 13.5. The van der Waals surface area contributed by atoms with Crippen molar-refractivity contribution in [2.24, 2.45) is 11.3 Å². The summed E-state index contributed by atoms with van der Waals surface area (Å²) in [7, 11) is -1.64. The van der Waals surface area contributed by atoms with Gasteiger partial charge in [-0.1, -0.05) is 69.6 Å². The quantitative estimate of drug-likeness (QED) is 0.157. The number of carbonyl (C=O) groups is 1. The molecule has 0 saturated carbocycles. The van der Waals surface area contributed by atoms with Crippen LogP contribution in [-0.2, 0) is 18.7 Å². The number of allylic oxidation sites excluding steroid dienone is 6. The molecular formula is C34H58O4Si. The van der Waals surface area contributed by atoms with Crippen molar-refractivity contribution in [2.45, 2.75) is 145 Å². The van der Waals surface area contributed by atoms with Gasteiger partial charge in [0, 0.05) is 19.3 Å². The molecule has 1 aliphatic heterocycles. The number of rotatable bonds is 14. The first kappa shape index (κ1) is 33.8. The highest BCUT2D eigenvalue weighted by atomic mass is 28.4. The van der Waals surface area contributed by atoms with E-state index in [1.807, 2.05) is 13.8 Å². The van der Waals surface area contributed by atoms with Gasteiger partial charge >= 0.3 is 0 Å². The normalized spacial score (nSPS) is 25.5. The number of hydrogen-bond donors (Lipinski definition) is 0. The highest BCUT2D eigenvalue weighted by Crippen LogP contribution is 2.50. The molecule has 222 valence electrons. The number of ether oxygens (including phenoxy) is 2. The SMILES string of the molecule is C/C=C(\C)[C@H](CC/C(C)=C/CC/C(C)=C/C[C@]1(C)C(=O)C2=C(CCOC(C)(C)O2)[C@H]1C)O[Si](CC)(CC)CC. The maximum absolute atomic E-state index is 13.5. The summed E-state index contributed by atoms with van der Waals surface area (Å²) in [5.41, 5.74) is 4.84. The Bertz CT molecular complexity index is 957. The second-order valence-electron chi connectivity index (χ2n) is 12.7. The minimum Gasteiger partial charge on any atom is -0.459 e. The molecule has 1 aliphatic carbocycles. The zero-order chi connectivity index (χ0) is 29.4. The van der Waals surface area contributed by atoms with E-state index in [2.05, 4.69) is 80.5 Å². The molecule has 0 spiro atoms. The zero-order valence-electron chi connectivity index (χ0n) is 27.1. The summed E-state index contributed by atoms with van der Waals surface area (Å²) in [6.07, 6.45) is 12.8. The summed E-state index contributed by atoms with van der Waals surface area (Å²) >= 11 is 0. The van der Waals surface area contributed by atoms with E-state index in [9.17, 15) is 4.79 Å². The van der Waals surface area contributed by atoms with Gasteiger partial charge in [0.2, 0.25) is 11.6 Å². The second kappa shape index (κ2) is 14.5. The van der Waals surface area contributed by atoms with Crippen LogP contribution in [0.1, 0.15) is 115 Å². The lowest BCUT2D eigenvalue weighted by Gasteiger charge is -2.34. The number of ketones is 1. The van der Waals surface area contributed by atoms with Gasteiger partial charge in [0.15, 0.2) is 14.1 Å². The molecular weight excluding hydrogens is 500 g/mol. The van der Waals surface area contributed by atoms with Gasteiger partial charge < -0.3 is 13.9 Å². The van der Waals surface area contributed by atoms with Gasteiger partial charge in [-0.25, -0.2) is 0 Å². The average Bonchev–Trinajstić information content (AvgIpc) is 3.01. The standard InChI is InChI=1S/C34H58O4Si/c1-12-27(7)30(38-39(13-2,14-3)15-4)20-19-25(5)17-16-18-26(6)21-23-34(11)28(8)29-22-24-36-33(9,10)37-31(29)32(34)35/h12,17,21,28,30H,13-16,18-20,22-24H2,1-11H3/b25-17+,26-21+,27-12+/t28-,30+,34+/m1/s1. The molecule has 5 heteroatoms. The molecule has 0 amide bonds. The number of carbonyl (C=O) groups excluding carboxylic acids is 1. The zero-order valence-corrected chi connectivity index (χ0v) is 28.1.